The van der Waals surface area contributed by atoms with E-state index in [2.05, 4.69) is 0 Å². The molecule has 4 bridgehead atoms. The Morgan fingerprint density at radius 2 is 2.11 bits per heavy atom. The molecule has 3 heteroatoms. The molecular weight excluding hydrogens is 238 g/mol. The molecule has 0 N–H and O–H groups in total. The van der Waals surface area contributed by atoms with Crippen molar-refractivity contribution in [1.29, 1.82) is 0 Å². The van der Waals surface area contributed by atoms with Gasteiger partial charge in [-0.1, -0.05) is 0 Å². The van der Waals surface area contributed by atoms with E-state index in [9.17, 15) is 4.79 Å². The number of amides is 1. The van der Waals surface area contributed by atoms with Crippen LogP contribution in [0.4, 0.5) is 0 Å². The molecule has 1 amide bonds. The molecule has 0 saturated heterocycles. The Labute approximate surface area is 114 Å². The number of nitrogens with zero attached hydrogens (tertiary/aromatic N) is 1. The van der Waals surface area contributed by atoms with Crippen molar-refractivity contribution in [2.24, 2.45) is 23.2 Å². The lowest BCUT2D eigenvalue weighted by Gasteiger charge is -2.39. The predicted octanol–water partition coefficient (Wildman–Crippen LogP) is 3.06. The van der Waals surface area contributed by atoms with Gasteiger partial charge in [0.1, 0.15) is 5.76 Å². The van der Waals surface area contributed by atoms with Crippen molar-refractivity contribution in [2.45, 2.75) is 38.6 Å². The van der Waals surface area contributed by atoms with Gasteiger partial charge < -0.3 is 9.32 Å². The van der Waals surface area contributed by atoms with Crippen LogP contribution in [0.1, 0.15) is 37.9 Å². The Morgan fingerprint density at radius 1 is 1.37 bits per heavy atom. The van der Waals surface area contributed by atoms with Crippen molar-refractivity contribution in [3.05, 3.63) is 24.2 Å². The first-order valence-electron chi connectivity index (χ1n) is 7.44. The molecule has 4 fully saturated rings. The highest BCUT2D eigenvalue weighted by Crippen LogP contribution is 2.64. The Bertz CT molecular complexity index is 473. The number of carbonyl (C=O) groups is 1. The maximum atomic E-state index is 12.9. The number of carbonyl (C=O) groups excluding carboxylic acids is 1. The second kappa shape index (κ2) is 3.87. The average Bonchev–Trinajstić information content (AvgIpc) is 3.03. The average molecular weight is 259 g/mol. The number of hydrogen-bond donors (Lipinski definition) is 0. The zero-order valence-corrected chi connectivity index (χ0v) is 11.5. The van der Waals surface area contributed by atoms with Crippen molar-refractivity contribution >= 4 is 5.91 Å². The summed E-state index contributed by atoms with van der Waals surface area (Å²) in [7, 11) is 1.92. The Morgan fingerprint density at radius 3 is 2.68 bits per heavy atom. The molecule has 102 valence electrons. The molecule has 4 saturated carbocycles. The standard InChI is InChI=1S/C16H21NO2/c1-17(10-14-3-2-4-19-14)15(18)16-7-11-5-12(8-16)13(6-11)9-16/h2-4,11-13H,5-10H2,1H3. The normalized spacial score (nSPS) is 38.9. The second-order valence-electron chi connectivity index (χ2n) is 6.99. The summed E-state index contributed by atoms with van der Waals surface area (Å²) in [5.74, 6) is 3.77. The zero-order valence-electron chi connectivity index (χ0n) is 11.5. The third-order valence-corrected chi connectivity index (χ3v) is 5.70. The van der Waals surface area contributed by atoms with Gasteiger partial charge in [0.05, 0.1) is 18.2 Å². The van der Waals surface area contributed by atoms with Crippen LogP contribution in [-0.2, 0) is 11.3 Å². The third-order valence-electron chi connectivity index (χ3n) is 5.70. The summed E-state index contributed by atoms with van der Waals surface area (Å²) in [5, 5.41) is 0. The molecule has 1 aromatic rings. The summed E-state index contributed by atoms with van der Waals surface area (Å²) in [5.41, 5.74) is -0.0160. The lowest BCUT2D eigenvalue weighted by Crippen LogP contribution is -2.43. The monoisotopic (exact) mass is 259 g/mol. The number of furan rings is 1. The van der Waals surface area contributed by atoms with Gasteiger partial charge in [0.15, 0.2) is 0 Å². The molecule has 0 spiro atoms. The first kappa shape index (κ1) is 11.6. The summed E-state index contributed by atoms with van der Waals surface area (Å²) in [6.45, 7) is 0.605. The fraction of sp³-hybridized carbons (Fsp3) is 0.688. The topological polar surface area (TPSA) is 33.5 Å². The van der Waals surface area contributed by atoms with Crippen molar-refractivity contribution in [1.82, 2.24) is 4.90 Å². The third kappa shape index (κ3) is 1.67. The zero-order chi connectivity index (χ0) is 13.0. The first-order valence-corrected chi connectivity index (χ1v) is 7.44. The van der Waals surface area contributed by atoms with E-state index in [1.165, 1.54) is 12.8 Å². The SMILES string of the molecule is CN(Cc1ccco1)C(=O)C12CC3CC(C1)C(C3)C2. The molecule has 1 aromatic heterocycles. The molecule has 4 aliphatic rings. The molecule has 0 aliphatic heterocycles. The fourth-order valence-electron chi connectivity index (χ4n) is 5.19. The van der Waals surface area contributed by atoms with Gasteiger partial charge in [-0.15, -0.1) is 0 Å². The lowest BCUT2D eigenvalue weighted by atomic mass is 9.68. The molecule has 0 radical (unpaired) electrons. The Kier molecular flexibility index (Phi) is 2.36. The van der Waals surface area contributed by atoms with Crippen LogP contribution < -0.4 is 0 Å². The van der Waals surface area contributed by atoms with Gasteiger partial charge >= 0.3 is 0 Å². The highest BCUT2D eigenvalue weighted by molar-refractivity contribution is 5.83. The smallest absolute Gasteiger partial charge is 0.228 e. The number of rotatable bonds is 3. The van der Waals surface area contributed by atoms with Crippen molar-refractivity contribution in [3.63, 3.8) is 0 Å². The van der Waals surface area contributed by atoms with E-state index in [1.54, 1.807) is 6.26 Å². The van der Waals surface area contributed by atoms with Crippen molar-refractivity contribution in [2.75, 3.05) is 7.05 Å². The summed E-state index contributed by atoms with van der Waals surface area (Å²) < 4.78 is 5.35. The maximum absolute atomic E-state index is 12.9. The van der Waals surface area contributed by atoms with E-state index in [-0.39, 0.29) is 5.41 Å². The van der Waals surface area contributed by atoms with Crippen LogP contribution in [0.3, 0.4) is 0 Å². The fourth-order valence-corrected chi connectivity index (χ4v) is 5.19. The van der Waals surface area contributed by atoms with Crippen molar-refractivity contribution < 1.29 is 9.21 Å². The van der Waals surface area contributed by atoms with Crippen LogP contribution in [0.25, 0.3) is 0 Å². The minimum atomic E-state index is -0.0160. The molecule has 2 atom stereocenters. The molecule has 2 unspecified atom stereocenters. The molecule has 0 aromatic carbocycles. The minimum absolute atomic E-state index is 0.0160. The van der Waals surface area contributed by atoms with E-state index in [4.69, 9.17) is 4.42 Å². The predicted molar refractivity (Wildman–Crippen MR) is 71.2 cm³/mol. The second-order valence-corrected chi connectivity index (χ2v) is 6.99. The van der Waals surface area contributed by atoms with Crippen LogP contribution in [0.2, 0.25) is 0 Å². The first-order chi connectivity index (χ1) is 9.16. The summed E-state index contributed by atoms with van der Waals surface area (Å²) in [4.78, 5) is 14.7. The van der Waals surface area contributed by atoms with Gasteiger partial charge in [-0.05, 0) is 62.0 Å². The molecule has 4 aliphatic carbocycles. The molecule has 19 heavy (non-hydrogen) atoms. The quantitative estimate of drug-likeness (QED) is 0.836. The largest absolute Gasteiger partial charge is 0.467 e. The molecule has 3 nitrogen and oxygen atoms in total. The summed E-state index contributed by atoms with van der Waals surface area (Å²) in [6.07, 6.45) is 7.89. The van der Waals surface area contributed by atoms with E-state index in [0.717, 1.165) is 42.8 Å². The van der Waals surface area contributed by atoms with Gasteiger partial charge in [0, 0.05) is 7.05 Å². The molecular formula is C16H21NO2. The van der Waals surface area contributed by atoms with Gasteiger partial charge in [0.25, 0.3) is 0 Å². The Balaban J connectivity index is 1.51. The van der Waals surface area contributed by atoms with Crippen LogP contribution in [0.5, 0.6) is 0 Å². The van der Waals surface area contributed by atoms with Crippen LogP contribution in [-0.4, -0.2) is 17.9 Å². The Hall–Kier alpha value is -1.25. The van der Waals surface area contributed by atoms with Gasteiger partial charge in [0.2, 0.25) is 5.91 Å². The van der Waals surface area contributed by atoms with Crippen molar-refractivity contribution in [3.8, 4) is 0 Å². The van der Waals surface area contributed by atoms with Crippen LogP contribution >= 0.6 is 0 Å². The molecule has 5 rings (SSSR count). The van der Waals surface area contributed by atoms with E-state index >= 15 is 0 Å². The summed E-state index contributed by atoms with van der Waals surface area (Å²) >= 11 is 0. The summed E-state index contributed by atoms with van der Waals surface area (Å²) in [6, 6.07) is 3.82. The van der Waals surface area contributed by atoms with Gasteiger partial charge in [-0.3, -0.25) is 4.79 Å². The lowest BCUT2D eigenvalue weighted by molar-refractivity contribution is -0.144. The van der Waals surface area contributed by atoms with Crippen LogP contribution in [0, 0.1) is 23.2 Å². The minimum Gasteiger partial charge on any atom is -0.467 e. The maximum Gasteiger partial charge on any atom is 0.228 e. The number of hydrogen-bond acceptors (Lipinski definition) is 2. The highest BCUT2D eigenvalue weighted by Gasteiger charge is 2.59. The van der Waals surface area contributed by atoms with E-state index in [0.29, 0.717) is 12.5 Å². The molecule has 1 heterocycles. The van der Waals surface area contributed by atoms with E-state index in [1.807, 2.05) is 24.1 Å². The van der Waals surface area contributed by atoms with Crippen LogP contribution in [0.15, 0.2) is 22.8 Å². The van der Waals surface area contributed by atoms with Gasteiger partial charge in [-0.25, -0.2) is 0 Å². The highest BCUT2D eigenvalue weighted by atomic mass is 16.3. The van der Waals surface area contributed by atoms with Gasteiger partial charge in [-0.2, -0.15) is 0 Å². The van der Waals surface area contributed by atoms with E-state index < -0.39 is 0 Å².